The molecule has 0 saturated carbocycles. The van der Waals surface area contributed by atoms with E-state index in [1.807, 2.05) is 57.2 Å². The number of nitrogens with one attached hydrogen (secondary N) is 3. The second-order valence-corrected chi connectivity index (χ2v) is 12.9. The van der Waals surface area contributed by atoms with E-state index >= 15 is 0 Å². The molecule has 0 heterocycles. The lowest BCUT2D eigenvalue weighted by Gasteiger charge is -2.12. The third-order valence-corrected chi connectivity index (χ3v) is 9.31. The summed E-state index contributed by atoms with van der Waals surface area (Å²) in [6.45, 7) is 5.65. The van der Waals surface area contributed by atoms with Crippen LogP contribution in [0.4, 0.5) is 34.1 Å². The van der Waals surface area contributed by atoms with Crippen LogP contribution < -0.4 is 16.0 Å². The van der Waals surface area contributed by atoms with Gasteiger partial charge in [0.2, 0.25) is 0 Å². The van der Waals surface area contributed by atoms with Gasteiger partial charge in [0, 0.05) is 32.1 Å². The molecule has 0 bridgehead atoms. The zero-order valence-electron chi connectivity index (χ0n) is 29.3. The van der Waals surface area contributed by atoms with E-state index in [-0.39, 0.29) is 16.7 Å². The monoisotopic (exact) mass is 783 g/mol. The van der Waals surface area contributed by atoms with Crippen molar-refractivity contribution >= 4 is 86.8 Å². The van der Waals surface area contributed by atoms with E-state index in [0.29, 0.717) is 32.1 Å². The first-order chi connectivity index (χ1) is 25.8. The average Bonchev–Trinajstić information content (AvgIpc) is 3.15. The number of hydrogen-bond donors (Lipinski definition) is 6. The van der Waals surface area contributed by atoms with Crippen LogP contribution in [0.25, 0.3) is 0 Å². The molecule has 9 nitrogen and oxygen atoms in total. The van der Waals surface area contributed by atoms with Gasteiger partial charge < -0.3 is 31.3 Å². The summed E-state index contributed by atoms with van der Waals surface area (Å²) in [4.78, 5) is 33.3. The molecule has 0 unspecified atom stereocenters. The molecule has 0 aliphatic heterocycles. The van der Waals surface area contributed by atoms with Gasteiger partial charge in [0.1, 0.15) is 0 Å². The first-order valence-electron chi connectivity index (χ1n) is 16.3. The number of benzene rings is 6. The molecule has 54 heavy (non-hydrogen) atoms. The summed E-state index contributed by atoms with van der Waals surface area (Å²) in [5.41, 5.74) is 7.42. The van der Waals surface area contributed by atoms with Gasteiger partial charge in [-0.25, -0.2) is 14.4 Å². The Kier molecular flexibility index (Phi) is 14.5. The van der Waals surface area contributed by atoms with E-state index in [1.165, 1.54) is 0 Å². The highest BCUT2D eigenvalue weighted by Gasteiger charge is 2.13. The number of carboxylic acid groups (broad SMARTS) is 3. The van der Waals surface area contributed by atoms with Crippen LogP contribution in [0.5, 0.6) is 0 Å². The molecule has 0 aromatic heterocycles. The number of aromatic carboxylic acids is 3. The number of para-hydroxylation sites is 3. The van der Waals surface area contributed by atoms with Crippen LogP contribution in [0.3, 0.4) is 0 Å². The third-order valence-electron chi connectivity index (χ3n) is 8.08. The van der Waals surface area contributed by atoms with Crippen molar-refractivity contribution in [2.45, 2.75) is 20.8 Å². The van der Waals surface area contributed by atoms with Gasteiger partial charge in [0.25, 0.3) is 0 Å². The lowest BCUT2D eigenvalue weighted by atomic mass is 10.1. The Morgan fingerprint density at radius 2 is 0.593 bits per heavy atom. The number of halogens is 3. The zero-order valence-corrected chi connectivity index (χ0v) is 31.6. The maximum Gasteiger partial charge on any atom is 0.337 e. The Morgan fingerprint density at radius 1 is 0.370 bits per heavy atom. The predicted molar refractivity (Wildman–Crippen MR) is 219 cm³/mol. The van der Waals surface area contributed by atoms with Crippen LogP contribution in [-0.4, -0.2) is 33.2 Å². The summed E-state index contributed by atoms with van der Waals surface area (Å²) in [5.74, 6) is -2.88. The molecule has 0 fully saturated rings. The van der Waals surface area contributed by atoms with Crippen LogP contribution in [0.15, 0.2) is 127 Å². The minimum atomic E-state index is -0.960. The Balaban J connectivity index is 0.000000180. The van der Waals surface area contributed by atoms with Crippen molar-refractivity contribution in [3.63, 3.8) is 0 Å². The maximum absolute atomic E-state index is 11.1. The van der Waals surface area contributed by atoms with Crippen LogP contribution in [0.2, 0.25) is 15.1 Å². The predicted octanol–water partition coefficient (Wildman–Crippen LogP) is 12.3. The van der Waals surface area contributed by atoms with E-state index < -0.39 is 17.9 Å². The van der Waals surface area contributed by atoms with E-state index in [9.17, 15) is 14.4 Å². The first-order valence-corrected chi connectivity index (χ1v) is 17.4. The molecular weight excluding hydrogens is 749 g/mol. The Hall–Kier alpha value is -6.00. The summed E-state index contributed by atoms with van der Waals surface area (Å²) in [6.07, 6.45) is 0. The highest BCUT2D eigenvalue weighted by Crippen LogP contribution is 2.30. The largest absolute Gasteiger partial charge is 0.478 e. The van der Waals surface area contributed by atoms with E-state index in [1.54, 1.807) is 91.0 Å². The van der Waals surface area contributed by atoms with Gasteiger partial charge in [-0.2, -0.15) is 0 Å². The first kappa shape index (κ1) is 40.8. The standard InChI is InChI=1S/3C14H12ClNO2/c3*1-9-11(15)6-4-8-12(9)16-13-7-3-2-5-10(13)14(17)18/h3*2-8,16H,1H3,(H,17,18). The summed E-state index contributed by atoms with van der Waals surface area (Å²) >= 11 is 18.1. The molecule has 0 atom stereocenters. The van der Waals surface area contributed by atoms with Gasteiger partial charge in [-0.1, -0.05) is 89.4 Å². The number of hydrogen-bond acceptors (Lipinski definition) is 6. The SMILES string of the molecule is Cc1c(Cl)cccc1Nc1ccccc1C(=O)O.Cc1c(Cl)cccc1Nc1ccccc1C(=O)O.Cc1c(Cl)cccc1Nc1ccccc1C(=O)O. The molecule has 0 amide bonds. The van der Waals surface area contributed by atoms with E-state index in [4.69, 9.17) is 50.1 Å². The molecule has 6 N–H and O–H groups in total. The van der Waals surface area contributed by atoms with E-state index in [0.717, 1.165) is 33.8 Å². The van der Waals surface area contributed by atoms with Gasteiger partial charge in [-0.05, 0) is 110 Å². The zero-order chi connectivity index (χ0) is 39.4. The Labute approximate surface area is 327 Å². The third kappa shape index (κ3) is 10.8. The topological polar surface area (TPSA) is 148 Å². The smallest absolute Gasteiger partial charge is 0.337 e. The van der Waals surface area contributed by atoms with Crippen LogP contribution in [-0.2, 0) is 0 Å². The van der Waals surface area contributed by atoms with Crippen molar-refractivity contribution < 1.29 is 29.7 Å². The average molecular weight is 785 g/mol. The lowest BCUT2D eigenvalue weighted by Crippen LogP contribution is -2.03. The fourth-order valence-electron chi connectivity index (χ4n) is 5.00. The molecule has 276 valence electrons. The van der Waals surface area contributed by atoms with Crippen molar-refractivity contribution in [2.75, 3.05) is 16.0 Å². The summed E-state index contributed by atoms with van der Waals surface area (Å²) < 4.78 is 0. The fraction of sp³-hybridized carbons (Fsp3) is 0.0714. The number of carboxylic acids is 3. The van der Waals surface area contributed by atoms with Crippen molar-refractivity contribution in [3.05, 3.63) is 176 Å². The highest BCUT2D eigenvalue weighted by molar-refractivity contribution is 6.32. The molecule has 12 heteroatoms. The molecule has 0 saturated heterocycles. The molecule has 0 aliphatic carbocycles. The van der Waals surface area contributed by atoms with E-state index in [2.05, 4.69) is 16.0 Å². The van der Waals surface area contributed by atoms with Crippen molar-refractivity contribution in [1.29, 1.82) is 0 Å². The molecular formula is C42H36Cl3N3O6. The lowest BCUT2D eigenvalue weighted by molar-refractivity contribution is 0.0687. The molecule has 6 aromatic carbocycles. The Morgan fingerprint density at radius 3 is 0.833 bits per heavy atom. The molecule has 0 radical (unpaired) electrons. The fourth-order valence-corrected chi connectivity index (χ4v) is 5.52. The number of anilines is 6. The summed E-state index contributed by atoms with van der Waals surface area (Å²) in [7, 11) is 0. The van der Waals surface area contributed by atoms with Crippen molar-refractivity contribution in [2.24, 2.45) is 0 Å². The second-order valence-electron chi connectivity index (χ2n) is 11.7. The molecule has 6 aromatic rings. The normalized spacial score (nSPS) is 10.1. The molecule has 0 aliphatic rings. The minimum Gasteiger partial charge on any atom is -0.478 e. The van der Waals surface area contributed by atoms with Gasteiger partial charge >= 0.3 is 17.9 Å². The van der Waals surface area contributed by atoms with Crippen molar-refractivity contribution in [3.8, 4) is 0 Å². The second kappa shape index (κ2) is 19.2. The van der Waals surface area contributed by atoms with Gasteiger partial charge in [0.05, 0.1) is 33.8 Å². The van der Waals surface area contributed by atoms with Crippen LogP contribution in [0.1, 0.15) is 47.8 Å². The molecule has 0 spiro atoms. The van der Waals surface area contributed by atoms with Gasteiger partial charge in [-0.15, -0.1) is 0 Å². The number of rotatable bonds is 9. The maximum atomic E-state index is 11.1. The highest BCUT2D eigenvalue weighted by atomic mass is 35.5. The van der Waals surface area contributed by atoms with Gasteiger partial charge in [-0.3, -0.25) is 0 Å². The number of carbonyl (C=O) groups is 3. The van der Waals surface area contributed by atoms with Gasteiger partial charge in [0.15, 0.2) is 0 Å². The minimum absolute atomic E-state index is 0.233. The van der Waals surface area contributed by atoms with Crippen molar-refractivity contribution in [1.82, 2.24) is 0 Å². The van der Waals surface area contributed by atoms with Crippen LogP contribution in [0, 0.1) is 20.8 Å². The Bertz CT molecular complexity index is 2040. The summed E-state index contributed by atoms with van der Waals surface area (Å²) in [6, 6.07) is 36.7. The van der Waals surface area contributed by atoms with Crippen LogP contribution >= 0.6 is 34.8 Å². The quantitative estimate of drug-likeness (QED) is 0.0842. The molecule has 6 rings (SSSR count). The summed E-state index contributed by atoms with van der Waals surface area (Å²) in [5, 5.41) is 38.5.